The van der Waals surface area contributed by atoms with Crippen molar-refractivity contribution in [3.63, 3.8) is 0 Å². The quantitative estimate of drug-likeness (QED) is 0.744. The average Bonchev–Trinajstić information content (AvgIpc) is 2.93. The van der Waals surface area contributed by atoms with Crippen molar-refractivity contribution in [2.75, 3.05) is 13.1 Å². The third kappa shape index (κ3) is 4.11. The molecular formula is C21H23F3N4O3. The first-order chi connectivity index (χ1) is 14.4. The van der Waals surface area contributed by atoms with Crippen molar-refractivity contribution in [3.8, 4) is 5.69 Å². The summed E-state index contributed by atoms with van der Waals surface area (Å²) in [7, 11) is 0. The van der Waals surface area contributed by atoms with Gasteiger partial charge in [0.25, 0.3) is 0 Å². The molecule has 0 spiro atoms. The van der Waals surface area contributed by atoms with Crippen LogP contribution in [0.4, 0.5) is 18.0 Å². The number of hydrogen-bond acceptors (Lipinski definition) is 4. The molecule has 0 fully saturated rings. The van der Waals surface area contributed by atoms with Gasteiger partial charge in [-0.15, -0.1) is 0 Å². The Kier molecular flexibility index (Phi) is 4.98. The van der Waals surface area contributed by atoms with Crippen LogP contribution in [0.25, 0.3) is 5.69 Å². The van der Waals surface area contributed by atoms with Gasteiger partial charge in [0.05, 0.1) is 35.1 Å². The molecular weight excluding hydrogens is 413 g/mol. The zero-order valence-electron chi connectivity index (χ0n) is 17.4. The maximum absolute atomic E-state index is 12.9. The molecule has 1 unspecified atom stereocenters. The van der Waals surface area contributed by atoms with Crippen LogP contribution in [0.3, 0.4) is 0 Å². The summed E-state index contributed by atoms with van der Waals surface area (Å²) < 4.78 is 45.9. The molecule has 3 heterocycles. The molecule has 0 saturated heterocycles. The predicted molar refractivity (Wildman–Crippen MR) is 105 cm³/mol. The van der Waals surface area contributed by atoms with E-state index in [9.17, 15) is 22.8 Å². The summed E-state index contributed by atoms with van der Waals surface area (Å²) in [6, 6.07) is 4.29. The van der Waals surface area contributed by atoms with Gasteiger partial charge in [-0.1, -0.05) is 0 Å². The molecule has 0 aliphatic carbocycles. The fraction of sp³-hybridized carbons (Fsp3) is 0.476. The number of nitrogens with zero attached hydrogens (tertiary/aromatic N) is 3. The van der Waals surface area contributed by atoms with Crippen LogP contribution in [0.1, 0.15) is 49.3 Å². The Morgan fingerprint density at radius 3 is 2.48 bits per heavy atom. The molecule has 2 aliphatic heterocycles. The Balaban J connectivity index is 1.74. The second-order valence-electron chi connectivity index (χ2n) is 8.68. The Hall–Kier alpha value is -3.04. The highest BCUT2D eigenvalue weighted by molar-refractivity contribution is 5.80. The maximum atomic E-state index is 12.9. The number of alkyl halides is 3. The van der Waals surface area contributed by atoms with Crippen LogP contribution in [0.2, 0.25) is 0 Å². The Morgan fingerprint density at radius 2 is 1.87 bits per heavy atom. The SMILES string of the molecule is CC(C)(C)OC(=O)N1CCc2c3c(nn2-c2ccc(C(F)(F)F)cc2)CC(=O)NCC31. The smallest absolute Gasteiger partial charge is 0.416 e. The van der Waals surface area contributed by atoms with E-state index in [2.05, 4.69) is 10.4 Å². The zero-order valence-corrected chi connectivity index (χ0v) is 17.4. The standard InChI is InChI=1S/C21H23F3N4O3/c1-20(2,3)31-19(30)27-9-8-15-18-14(10-17(29)25-11-16(18)27)26-28(15)13-6-4-12(5-7-13)21(22,23)24/h4-7,16H,8-11H2,1-3H3,(H,25,29). The molecule has 1 aromatic heterocycles. The highest BCUT2D eigenvalue weighted by atomic mass is 19.4. The van der Waals surface area contributed by atoms with E-state index >= 15 is 0 Å². The summed E-state index contributed by atoms with van der Waals surface area (Å²) in [4.78, 5) is 26.6. The summed E-state index contributed by atoms with van der Waals surface area (Å²) in [6.07, 6.45) is -4.43. The molecule has 1 N–H and O–H groups in total. The number of carbonyl (C=O) groups excluding carboxylic acids is 2. The predicted octanol–water partition coefficient (Wildman–Crippen LogP) is 3.40. The minimum atomic E-state index is -4.43. The van der Waals surface area contributed by atoms with Crippen LogP contribution in [-0.4, -0.2) is 45.4 Å². The number of hydrogen-bond donors (Lipinski definition) is 1. The van der Waals surface area contributed by atoms with Gasteiger partial charge < -0.3 is 10.1 Å². The van der Waals surface area contributed by atoms with E-state index in [1.54, 1.807) is 30.4 Å². The first kappa shape index (κ1) is 21.2. The molecule has 166 valence electrons. The summed E-state index contributed by atoms with van der Waals surface area (Å²) in [5.74, 6) is -0.224. The lowest BCUT2D eigenvalue weighted by molar-refractivity contribution is -0.137. The maximum Gasteiger partial charge on any atom is 0.416 e. The Labute approximate surface area is 177 Å². The van der Waals surface area contributed by atoms with E-state index in [1.165, 1.54) is 12.1 Å². The molecule has 1 atom stereocenters. The van der Waals surface area contributed by atoms with E-state index in [4.69, 9.17) is 4.74 Å². The monoisotopic (exact) mass is 436 g/mol. The van der Waals surface area contributed by atoms with Gasteiger partial charge in [-0.05, 0) is 45.0 Å². The van der Waals surface area contributed by atoms with Gasteiger partial charge in [0.15, 0.2) is 0 Å². The lowest BCUT2D eigenvalue weighted by Crippen LogP contribution is -2.46. The second kappa shape index (κ2) is 7.28. The fourth-order valence-corrected chi connectivity index (χ4v) is 3.99. The van der Waals surface area contributed by atoms with E-state index in [-0.39, 0.29) is 18.9 Å². The van der Waals surface area contributed by atoms with E-state index < -0.39 is 29.5 Å². The van der Waals surface area contributed by atoms with Crippen LogP contribution in [0, 0.1) is 0 Å². The molecule has 0 radical (unpaired) electrons. The summed E-state index contributed by atoms with van der Waals surface area (Å²) in [6.45, 7) is 5.90. The number of carbonyl (C=O) groups is 2. The van der Waals surface area contributed by atoms with Gasteiger partial charge in [0.1, 0.15) is 5.60 Å². The number of rotatable bonds is 1. The van der Waals surface area contributed by atoms with Crippen molar-refractivity contribution < 1.29 is 27.5 Å². The molecule has 4 rings (SSSR count). The fourth-order valence-electron chi connectivity index (χ4n) is 3.99. The van der Waals surface area contributed by atoms with Crippen molar-refractivity contribution in [3.05, 3.63) is 46.8 Å². The van der Waals surface area contributed by atoms with Crippen molar-refractivity contribution in [2.45, 2.75) is 51.4 Å². The number of halogens is 3. The molecule has 2 aliphatic rings. The van der Waals surface area contributed by atoms with E-state index in [1.807, 2.05) is 0 Å². The highest BCUT2D eigenvalue weighted by Gasteiger charge is 2.40. The number of nitrogens with one attached hydrogen (secondary N) is 1. The van der Waals surface area contributed by atoms with E-state index in [0.717, 1.165) is 23.4 Å². The van der Waals surface area contributed by atoms with Gasteiger partial charge in [-0.2, -0.15) is 18.3 Å². The Morgan fingerprint density at radius 1 is 1.19 bits per heavy atom. The van der Waals surface area contributed by atoms with E-state index in [0.29, 0.717) is 24.3 Å². The van der Waals surface area contributed by atoms with Crippen LogP contribution >= 0.6 is 0 Å². The molecule has 2 aromatic rings. The molecule has 7 nitrogen and oxygen atoms in total. The third-order valence-corrected chi connectivity index (χ3v) is 5.28. The van der Waals surface area contributed by atoms with Gasteiger partial charge in [-0.3, -0.25) is 9.69 Å². The van der Waals surface area contributed by atoms with Crippen LogP contribution in [0.15, 0.2) is 24.3 Å². The minimum Gasteiger partial charge on any atom is -0.444 e. The van der Waals surface area contributed by atoms with Gasteiger partial charge >= 0.3 is 12.3 Å². The number of benzene rings is 1. The lowest BCUT2D eigenvalue weighted by atomic mass is 9.96. The molecule has 10 heteroatoms. The first-order valence-electron chi connectivity index (χ1n) is 9.98. The average molecular weight is 436 g/mol. The topological polar surface area (TPSA) is 76.5 Å². The summed E-state index contributed by atoms with van der Waals surface area (Å²) in [5, 5.41) is 7.36. The lowest BCUT2D eigenvalue weighted by Gasteiger charge is -2.36. The number of ether oxygens (including phenoxy) is 1. The van der Waals surface area contributed by atoms with Crippen molar-refractivity contribution >= 4 is 12.0 Å². The third-order valence-electron chi connectivity index (χ3n) is 5.28. The van der Waals surface area contributed by atoms with Crippen molar-refractivity contribution in [1.82, 2.24) is 20.0 Å². The van der Waals surface area contributed by atoms with Crippen molar-refractivity contribution in [1.29, 1.82) is 0 Å². The molecule has 2 amide bonds. The Bertz CT molecular complexity index is 1020. The van der Waals surface area contributed by atoms with Gasteiger partial charge in [-0.25, -0.2) is 9.48 Å². The summed E-state index contributed by atoms with van der Waals surface area (Å²) >= 11 is 0. The van der Waals surface area contributed by atoms with Gasteiger partial charge in [0, 0.05) is 25.1 Å². The zero-order chi connectivity index (χ0) is 22.6. The largest absolute Gasteiger partial charge is 0.444 e. The highest BCUT2D eigenvalue weighted by Crippen LogP contribution is 2.36. The molecule has 0 saturated carbocycles. The number of aromatic nitrogens is 2. The van der Waals surface area contributed by atoms with Gasteiger partial charge in [0.2, 0.25) is 5.91 Å². The summed E-state index contributed by atoms with van der Waals surface area (Å²) in [5.41, 5.74) is 1.13. The van der Waals surface area contributed by atoms with Crippen LogP contribution in [0.5, 0.6) is 0 Å². The molecule has 0 bridgehead atoms. The molecule has 1 aromatic carbocycles. The van der Waals surface area contributed by atoms with Crippen molar-refractivity contribution in [2.24, 2.45) is 0 Å². The molecule has 31 heavy (non-hydrogen) atoms. The second-order valence-corrected chi connectivity index (χ2v) is 8.68. The number of amides is 2. The van der Waals surface area contributed by atoms with Crippen LogP contribution < -0.4 is 5.32 Å². The van der Waals surface area contributed by atoms with Crippen LogP contribution in [-0.2, 0) is 28.5 Å². The normalized spacial score (nSPS) is 18.8. The first-order valence-corrected chi connectivity index (χ1v) is 9.98. The minimum absolute atomic E-state index is 0.0363.